The number of hydrogen-bond acceptors (Lipinski definition) is 4. The van der Waals surface area contributed by atoms with Crippen LogP contribution in [-0.2, 0) is 22.7 Å². The third kappa shape index (κ3) is 4.99. The molecule has 3 aromatic rings. The molecule has 0 aliphatic carbocycles. The normalized spacial score (nSPS) is 12.2. The van der Waals surface area contributed by atoms with Gasteiger partial charge in [0, 0.05) is 11.1 Å². The number of fused-ring (bicyclic) bond motifs is 1. The summed E-state index contributed by atoms with van der Waals surface area (Å²) in [7, 11) is 0. The van der Waals surface area contributed by atoms with Crippen molar-refractivity contribution in [1.29, 1.82) is 0 Å². The van der Waals surface area contributed by atoms with Crippen molar-refractivity contribution in [3.05, 3.63) is 89.5 Å². The molecular formula is C23H22N2O4. The molecule has 6 nitrogen and oxygen atoms in total. The summed E-state index contributed by atoms with van der Waals surface area (Å²) in [5, 5.41) is 8.91. The van der Waals surface area contributed by atoms with Gasteiger partial charge in [-0.15, -0.1) is 0 Å². The van der Waals surface area contributed by atoms with Gasteiger partial charge in [-0.05, 0) is 38.1 Å². The monoisotopic (exact) mass is 390 g/mol. The van der Waals surface area contributed by atoms with Crippen molar-refractivity contribution in [3.63, 3.8) is 0 Å². The van der Waals surface area contributed by atoms with Gasteiger partial charge in [-0.1, -0.05) is 42.5 Å². The predicted molar refractivity (Wildman–Crippen MR) is 110 cm³/mol. The number of aromatic nitrogens is 2. The number of carboxylic acid groups (broad SMARTS) is 1. The predicted octanol–water partition coefficient (Wildman–Crippen LogP) is 4.37. The molecule has 0 unspecified atom stereocenters. The molecule has 148 valence electrons. The van der Waals surface area contributed by atoms with E-state index in [0.717, 1.165) is 11.0 Å². The van der Waals surface area contributed by atoms with E-state index in [1.54, 1.807) is 25.1 Å². The van der Waals surface area contributed by atoms with Gasteiger partial charge in [-0.3, -0.25) is 4.79 Å². The van der Waals surface area contributed by atoms with E-state index in [1.807, 2.05) is 47.0 Å². The lowest BCUT2D eigenvalue weighted by Gasteiger charge is -2.10. The number of nitrogens with zero attached hydrogens (tertiary/aromatic N) is 2. The van der Waals surface area contributed by atoms with Crippen molar-refractivity contribution in [1.82, 2.24) is 9.55 Å². The van der Waals surface area contributed by atoms with Crippen molar-refractivity contribution < 1.29 is 19.4 Å². The topological polar surface area (TPSA) is 81.4 Å². The van der Waals surface area contributed by atoms with Crippen LogP contribution in [0.15, 0.2) is 78.1 Å². The maximum absolute atomic E-state index is 12.7. The third-order valence-electron chi connectivity index (χ3n) is 4.47. The number of para-hydroxylation sites is 2. The second-order valence-corrected chi connectivity index (χ2v) is 6.61. The number of carboxylic acids is 1. The summed E-state index contributed by atoms with van der Waals surface area (Å²) in [5.41, 5.74) is 2.50. The third-order valence-corrected chi connectivity index (χ3v) is 4.47. The van der Waals surface area contributed by atoms with Crippen molar-refractivity contribution in [2.45, 2.75) is 27.0 Å². The molecule has 0 saturated carbocycles. The summed E-state index contributed by atoms with van der Waals surface area (Å²) < 4.78 is 7.60. The van der Waals surface area contributed by atoms with E-state index >= 15 is 0 Å². The van der Waals surface area contributed by atoms with E-state index in [2.05, 4.69) is 4.98 Å². The second-order valence-electron chi connectivity index (χ2n) is 6.61. The molecule has 0 radical (unpaired) electrons. The molecule has 0 fully saturated rings. The Labute approximate surface area is 168 Å². The van der Waals surface area contributed by atoms with Gasteiger partial charge in [-0.2, -0.15) is 0 Å². The molecule has 0 bridgehead atoms. The average molecular weight is 390 g/mol. The van der Waals surface area contributed by atoms with E-state index in [9.17, 15) is 9.59 Å². The first kappa shape index (κ1) is 20.1. The summed E-state index contributed by atoms with van der Waals surface area (Å²) in [5.74, 6) is 0.193. The van der Waals surface area contributed by atoms with Crippen LogP contribution in [0.1, 0.15) is 30.0 Å². The molecule has 2 aromatic carbocycles. The smallest absolute Gasteiger partial charge is 0.331 e. The van der Waals surface area contributed by atoms with Crippen LogP contribution in [-0.4, -0.2) is 26.4 Å². The highest BCUT2D eigenvalue weighted by atomic mass is 16.5. The summed E-state index contributed by atoms with van der Waals surface area (Å²) >= 11 is 0. The molecule has 1 aromatic heterocycles. The molecule has 1 heterocycles. The molecule has 29 heavy (non-hydrogen) atoms. The van der Waals surface area contributed by atoms with Crippen LogP contribution < -0.4 is 0 Å². The fraction of sp³-hybridized carbons (Fsp3) is 0.174. The number of benzene rings is 2. The van der Waals surface area contributed by atoms with Crippen LogP contribution in [0, 0.1) is 0 Å². The minimum absolute atomic E-state index is 0.0118. The van der Waals surface area contributed by atoms with Crippen molar-refractivity contribution in [3.8, 4) is 0 Å². The average Bonchev–Trinajstić information content (AvgIpc) is 3.08. The second kappa shape index (κ2) is 9.01. The Morgan fingerprint density at radius 3 is 2.45 bits per heavy atom. The molecule has 0 atom stereocenters. The van der Waals surface area contributed by atoms with Gasteiger partial charge in [0.25, 0.3) is 0 Å². The van der Waals surface area contributed by atoms with Crippen LogP contribution in [0.4, 0.5) is 0 Å². The van der Waals surface area contributed by atoms with E-state index in [1.165, 1.54) is 13.0 Å². The number of allylic oxidation sites excluding steroid dienone is 3. The summed E-state index contributed by atoms with van der Waals surface area (Å²) in [6.45, 7) is 3.58. The lowest BCUT2D eigenvalue weighted by atomic mass is 10.1. The van der Waals surface area contributed by atoms with Crippen LogP contribution in [0.5, 0.6) is 0 Å². The van der Waals surface area contributed by atoms with Crippen LogP contribution in [0.3, 0.4) is 0 Å². The summed E-state index contributed by atoms with van der Waals surface area (Å²) in [6.07, 6.45) is 3.09. The molecule has 1 N–H and O–H groups in total. The quantitative estimate of drug-likeness (QED) is 0.267. The van der Waals surface area contributed by atoms with Crippen LogP contribution >= 0.6 is 0 Å². The molecule has 0 aliphatic heterocycles. The van der Waals surface area contributed by atoms with Gasteiger partial charge in [0.15, 0.2) is 5.78 Å². The van der Waals surface area contributed by atoms with Crippen LogP contribution in [0.2, 0.25) is 0 Å². The highest BCUT2D eigenvalue weighted by molar-refractivity contribution is 5.96. The fourth-order valence-electron chi connectivity index (χ4n) is 2.81. The molecule has 0 saturated heterocycles. The highest BCUT2D eigenvalue weighted by Crippen LogP contribution is 2.18. The zero-order chi connectivity index (χ0) is 20.8. The summed E-state index contributed by atoms with van der Waals surface area (Å²) in [6, 6.07) is 16.8. The number of rotatable bonds is 8. The van der Waals surface area contributed by atoms with Gasteiger partial charge in [-0.25, -0.2) is 9.78 Å². The number of imidazole rings is 1. The van der Waals surface area contributed by atoms with Gasteiger partial charge in [0.2, 0.25) is 0 Å². The number of aliphatic carboxylic acids is 1. The first-order valence-corrected chi connectivity index (χ1v) is 9.19. The Morgan fingerprint density at radius 1 is 1.03 bits per heavy atom. The van der Waals surface area contributed by atoms with E-state index in [-0.39, 0.29) is 24.5 Å². The molecule has 0 amide bonds. The standard InChI is InChI=1S/C23H22N2O4/c1-16(23(27)28)12-13-17(2)29-15-22-24-19-10-6-7-11-20(19)25(22)14-21(26)18-8-4-3-5-9-18/h3-13H,14-15H2,1-2H3,(H,27,28)/b16-12+,17-13+. The highest BCUT2D eigenvalue weighted by Gasteiger charge is 2.15. The van der Waals surface area contributed by atoms with Gasteiger partial charge in [0.05, 0.1) is 23.3 Å². The zero-order valence-electron chi connectivity index (χ0n) is 16.3. The van der Waals surface area contributed by atoms with Gasteiger partial charge < -0.3 is 14.4 Å². The molecular weight excluding hydrogens is 368 g/mol. The lowest BCUT2D eigenvalue weighted by molar-refractivity contribution is -0.132. The minimum Gasteiger partial charge on any atom is -0.490 e. The molecule has 6 heteroatoms. The van der Waals surface area contributed by atoms with Crippen molar-refractivity contribution in [2.24, 2.45) is 0 Å². The number of ketones is 1. The fourth-order valence-corrected chi connectivity index (χ4v) is 2.81. The van der Waals surface area contributed by atoms with Gasteiger partial charge >= 0.3 is 5.97 Å². The molecule has 0 spiro atoms. The Morgan fingerprint density at radius 2 is 1.72 bits per heavy atom. The Bertz CT molecular complexity index is 1090. The van der Waals surface area contributed by atoms with Crippen molar-refractivity contribution >= 4 is 22.8 Å². The first-order chi connectivity index (χ1) is 14.0. The Hall–Kier alpha value is -3.67. The number of ether oxygens (including phenoxy) is 1. The largest absolute Gasteiger partial charge is 0.490 e. The SMILES string of the molecule is C/C(=C\C=C(/C)C(=O)O)OCc1nc2ccccc2n1CC(=O)c1ccccc1. The summed E-state index contributed by atoms with van der Waals surface area (Å²) in [4.78, 5) is 28.2. The van der Waals surface area contributed by atoms with Crippen LogP contribution in [0.25, 0.3) is 11.0 Å². The van der Waals surface area contributed by atoms with Crippen molar-refractivity contribution in [2.75, 3.05) is 0 Å². The number of carbonyl (C=O) groups excluding carboxylic acids is 1. The Balaban J connectivity index is 1.83. The van der Waals surface area contributed by atoms with E-state index in [4.69, 9.17) is 9.84 Å². The maximum Gasteiger partial charge on any atom is 0.331 e. The number of Topliss-reactive ketones (excluding diaryl/α,β-unsaturated/α-hetero) is 1. The van der Waals surface area contributed by atoms with E-state index < -0.39 is 5.97 Å². The number of hydrogen-bond donors (Lipinski definition) is 1. The number of carbonyl (C=O) groups is 2. The first-order valence-electron chi connectivity index (χ1n) is 9.19. The molecule has 3 rings (SSSR count). The minimum atomic E-state index is -0.977. The lowest BCUT2D eigenvalue weighted by Crippen LogP contribution is -2.13. The zero-order valence-corrected chi connectivity index (χ0v) is 16.3. The van der Waals surface area contributed by atoms with E-state index in [0.29, 0.717) is 17.1 Å². The van der Waals surface area contributed by atoms with Gasteiger partial charge in [0.1, 0.15) is 12.4 Å². The Kier molecular flexibility index (Phi) is 6.24. The maximum atomic E-state index is 12.7. The molecule has 0 aliphatic rings.